The maximum absolute atomic E-state index is 11.5. The van der Waals surface area contributed by atoms with E-state index >= 15 is 0 Å². The van der Waals surface area contributed by atoms with E-state index < -0.39 is 0 Å². The fraction of sp³-hybridized carbons (Fsp3) is 0.333. The topological polar surface area (TPSA) is 33.2 Å². The first kappa shape index (κ1) is 9.93. The fourth-order valence-electron chi connectivity index (χ4n) is 1.46. The molecule has 1 aromatic rings. The number of aromatic nitrogens is 1. The van der Waals surface area contributed by atoms with Crippen LogP contribution in [-0.4, -0.2) is 22.3 Å². The van der Waals surface area contributed by atoms with Crippen LogP contribution >= 0.6 is 27.5 Å². The van der Waals surface area contributed by atoms with E-state index in [0.29, 0.717) is 18.0 Å². The number of alkyl halides is 1. The van der Waals surface area contributed by atoms with Crippen molar-refractivity contribution >= 4 is 39.1 Å². The van der Waals surface area contributed by atoms with Gasteiger partial charge in [-0.3, -0.25) is 9.78 Å². The quantitative estimate of drug-likeness (QED) is 0.737. The van der Waals surface area contributed by atoms with E-state index in [1.807, 2.05) is 0 Å². The molecule has 0 N–H and O–H groups in total. The summed E-state index contributed by atoms with van der Waals surface area (Å²) < 4.78 is 0. The number of nitrogens with zero attached hydrogens (tertiary/aromatic N) is 2. The summed E-state index contributed by atoms with van der Waals surface area (Å²) in [4.78, 5) is 17.4. The largest absolute Gasteiger partial charge is 0.310 e. The molecule has 14 heavy (non-hydrogen) atoms. The second-order valence-corrected chi connectivity index (χ2v) is 4.90. The van der Waals surface area contributed by atoms with E-state index in [2.05, 4.69) is 20.9 Å². The molecule has 0 radical (unpaired) electrons. The molecule has 1 aliphatic heterocycles. The van der Waals surface area contributed by atoms with Crippen LogP contribution in [0.1, 0.15) is 6.42 Å². The average molecular weight is 276 g/mol. The summed E-state index contributed by atoms with van der Waals surface area (Å²) in [6.45, 7) is 0.681. The van der Waals surface area contributed by atoms with Gasteiger partial charge < -0.3 is 4.90 Å². The lowest BCUT2D eigenvalue weighted by Gasteiger charge is -2.15. The molecule has 1 unspecified atom stereocenters. The maximum Gasteiger partial charge on any atom is 0.228 e. The van der Waals surface area contributed by atoms with Crippen LogP contribution in [0.2, 0.25) is 5.02 Å². The number of carbonyl (C=O) groups is 1. The highest BCUT2D eigenvalue weighted by Gasteiger charge is 2.28. The van der Waals surface area contributed by atoms with Gasteiger partial charge in [-0.2, -0.15) is 0 Å². The van der Waals surface area contributed by atoms with Crippen molar-refractivity contribution in [2.75, 3.05) is 11.4 Å². The third-order valence-electron chi connectivity index (χ3n) is 2.08. The third kappa shape index (κ3) is 1.91. The summed E-state index contributed by atoms with van der Waals surface area (Å²) >= 11 is 9.21. The standard InChI is InChI=1S/C9H8BrClN2O/c10-6-1-9(14)13(5-6)8-2-7(11)3-12-4-8/h2-4,6H,1,5H2. The summed E-state index contributed by atoms with van der Waals surface area (Å²) in [5, 5.41) is 0.549. The highest BCUT2D eigenvalue weighted by molar-refractivity contribution is 9.09. The Morgan fingerprint density at radius 2 is 2.36 bits per heavy atom. The van der Waals surface area contributed by atoms with Gasteiger partial charge in [0.1, 0.15) is 0 Å². The van der Waals surface area contributed by atoms with E-state index in [1.165, 1.54) is 0 Å². The normalized spacial score (nSPS) is 21.7. The van der Waals surface area contributed by atoms with Crippen LogP contribution in [0.15, 0.2) is 18.5 Å². The number of hydrogen-bond donors (Lipinski definition) is 0. The average Bonchev–Trinajstić information content (AvgIpc) is 2.45. The first-order valence-corrected chi connectivity index (χ1v) is 5.51. The highest BCUT2D eigenvalue weighted by Crippen LogP contribution is 2.25. The van der Waals surface area contributed by atoms with Gasteiger partial charge in [-0.25, -0.2) is 0 Å². The summed E-state index contributed by atoms with van der Waals surface area (Å²) in [5.41, 5.74) is 0.768. The van der Waals surface area contributed by atoms with Gasteiger partial charge in [0.2, 0.25) is 5.91 Å². The number of halogens is 2. The van der Waals surface area contributed by atoms with Crippen molar-refractivity contribution < 1.29 is 4.79 Å². The van der Waals surface area contributed by atoms with E-state index in [1.54, 1.807) is 23.4 Å². The van der Waals surface area contributed by atoms with Crippen LogP contribution < -0.4 is 4.90 Å². The van der Waals surface area contributed by atoms with Gasteiger partial charge in [0.05, 0.1) is 16.9 Å². The third-order valence-corrected chi connectivity index (χ3v) is 2.90. The van der Waals surface area contributed by atoms with Crippen molar-refractivity contribution in [2.45, 2.75) is 11.2 Å². The van der Waals surface area contributed by atoms with E-state index in [9.17, 15) is 4.79 Å². The zero-order chi connectivity index (χ0) is 10.1. The molecule has 2 rings (SSSR count). The molecular weight excluding hydrogens is 267 g/mol. The molecule has 0 aromatic carbocycles. The molecule has 5 heteroatoms. The summed E-state index contributed by atoms with van der Waals surface area (Å²) in [6, 6.07) is 1.75. The molecule has 1 aromatic heterocycles. The molecule has 0 bridgehead atoms. The van der Waals surface area contributed by atoms with Crippen LogP contribution in [-0.2, 0) is 4.79 Å². The van der Waals surface area contributed by atoms with E-state index in [4.69, 9.17) is 11.6 Å². The number of hydrogen-bond acceptors (Lipinski definition) is 2. The summed E-state index contributed by atoms with van der Waals surface area (Å²) in [6.07, 6.45) is 3.73. The van der Waals surface area contributed by atoms with Gasteiger partial charge in [0.15, 0.2) is 0 Å². The van der Waals surface area contributed by atoms with Crippen LogP contribution in [0.5, 0.6) is 0 Å². The maximum atomic E-state index is 11.5. The predicted molar refractivity (Wildman–Crippen MR) is 58.9 cm³/mol. The number of carbonyl (C=O) groups excluding carboxylic acids is 1. The summed E-state index contributed by atoms with van der Waals surface area (Å²) in [7, 11) is 0. The SMILES string of the molecule is O=C1CC(Br)CN1c1cncc(Cl)c1. The Bertz CT molecular complexity index is 372. The molecule has 0 saturated carbocycles. The minimum Gasteiger partial charge on any atom is -0.310 e. The lowest BCUT2D eigenvalue weighted by atomic mass is 10.4. The van der Waals surface area contributed by atoms with Gasteiger partial charge in [-0.1, -0.05) is 27.5 Å². The molecule has 1 saturated heterocycles. The van der Waals surface area contributed by atoms with E-state index in [0.717, 1.165) is 5.69 Å². The molecule has 74 valence electrons. The number of pyridine rings is 1. The van der Waals surface area contributed by atoms with Crippen molar-refractivity contribution in [3.63, 3.8) is 0 Å². The number of amides is 1. The number of anilines is 1. The molecule has 3 nitrogen and oxygen atoms in total. The van der Waals surface area contributed by atoms with Gasteiger partial charge in [0.25, 0.3) is 0 Å². The molecule has 2 heterocycles. The van der Waals surface area contributed by atoms with Crippen LogP contribution in [0.25, 0.3) is 0 Å². The van der Waals surface area contributed by atoms with Gasteiger partial charge in [0, 0.05) is 24.0 Å². The zero-order valence-electron chi connectivity index (χ0n) is 7.28. The molecule has 0 spiro atoms. The van der Waals surface area contributed by atoms with Gasteiger partial charge in [-0.15, -0.1) is 0 Å². The first-order valence-electron chi connectivity index (χ1n) is 4.22. The fourth-order valence-corrected chi connectivity index (χ4v) is 2.20. The Kier molecular flexibility index (Phi) is 2.74. The molecule has 1 amide bonds. The Morgan fingerprint density at radius 3 is 2.93 bits per heavy atom. The Labute approximate surface area is 95.2 Å². The Hall–Kier alpha value is -0.610. The smallest absolute Gasteiger partial charge is 0.228 e. The van der Waals surface area contributed by atoms with Crippen LogP contribution in [0.4, 0.5) is 5.69 Å². The van der Waals surface area contributed by atoms with Crippen molar-refractivity contribution in [2.24, 2.45) is 0 Å². The Morgan fingerprint density at radius 1 is 1.57 bits per heavy atom. The van der Waals surface area contributed by atoms with Crippen LogP contribution in [0.3, 0.4) is 0 Å². The zero-order valence-corrected chi connectivity index (χ0v) is 9.62. The minimum absolute atomic E-state index is 0.107. The molecular formula is C9H8BrClN2O. The first-order chi connectivity index (χ1) is 6.66. The van der Waals surface area contributed by atoms with Crippen molar-refractivity contribution in [1.29, 1.82) is 0 Å². The minimum atomic E-state index is 0.107. The summed E-state index contributed by atoms with van der Waals surface area (Å²) in [5.74, 6) is 0.107. The van der Waals surface area contributed by atoms with Gasteiger partial charge >= 0.3 is 0 Å². The lowest BCUT2D eigenvalue weighted by molar-refractivity contribution is -0.117. The second kappa shape index (κ2) is 3.87. The van der Waals surface area contributed by atoms with Crippen molar-refractivity contribution in [1.82, 2.24) is 4.98 Å². The van der Waals surface area contributed by atoms with E-state index in [-0.39, 0.29) is 10.7 Å². The van der Waals surface area contributed by atoms with Gasteiger partial charge in [-0.05, 0) is 6.07 Å². The van der Waals surface area contributed by atoms with Crippen molar-refractivity contribution in [3.8, 4) is 0 Å². The highest BCUT2D eigenvalue weighted by atomic mass is 79.9. The molecule has 1 aliphatic rings. The Balaban J connectivity index is 2.27. The monoisotopic (exact) mass is 274 g/mol. The van der Waals surface area contributed by atoms with Crippen molar-refractivity contribution in [3.05, 3.63) is 23.5 Å². The molecule has 1 atom stereocenters. The lowest BCUT2D eigenvalue weighted by Crippen LogP contribution is -2.24. The second-order valence-electron chi connectivity index (χ2n) is 3.17. The molecule has 0 aliphatic carbocycles. The number of rotatable bonds is 1. The molecule has 1 fully saturated rings. The van der Waals surface area contributed by atoms with Crippen LogP contribution in [0, 0.1) is 0 Å². The predicted octanol–water partition coefficient (Wildman–Crippen LogP) is 2.24.